The van der Waals surface area contributed by atoms with Crippen molar-refractivity contribution in [2.45, 2.75) is 26.3 Å². The van der Waals surface area contributed by atoms with E-state index >= 15 is 0 Å². The first kappa shape index (κ1) is 14.4. The number of aryl methyl sites for hydroxylation is 1. The van der Waals surface area contributed by atoms with Crippen LogP contribution in [0, 0.1) is 12.7 Å². The van der Waals surface area contributed by atoms with Crippen molar-refractivity contribution in [1.82, 2.24) is 5.01 Å². The molecule has 4 heteroatoms. The highest BCUT2D eigenvalue weighted by Gasteiger charge is 2.32. The number of halogens is 1. The number of rotatable bonds is 2. The van der Waals surface area contributed by atoms with Crippen molar-refractivity contribution in [3.63, 3.8) is 0 Å². The maximum absolute atomic E-state index is 14.1. The van der Waals surface area contributed by atoms with E-state index < -0.39 is 0 Å². The molecule has 1 aliphatic rings. The van der Waals surface area contributed by atoms with Gasteiger partial charge in [0.25, 0.3) is 0 Å². The second kappa shape index (κ2) is 5.72. The van der Waals surface area contributed by atoms with Crippen molar-refractivity contribution in [1.29, 1.82) is 0 Å². The Morgan fingerprint density at radius 1 is 1.18 bits per heavy atom. The lowest BCUT2D eigenvalue weighted by atomic mass is 9.97. The zero-order valence-electron chi connectivity index (χ0n) is 12.6. The molecule has 0 aliphatic carbocycles. The van der Waals surface area contributed by atoms with E-state index in [9.17, 15) is 9.18 Å². The molecule has 0 saturated heterocycles. The molecule has 1 aliphatic heterocycles. The fourth-order valence-electron chi connectivity index (χ4n) is 2.71. The normalized spacial score (nSPS) is 17.5. The topological polar surface area (TPSA) is 32.7 Å². The van der Waals surface area contributed by atoms with Gasteiger partial charge in [-0.15, -0.1) is 0 Å². The maximum Gasteiger partial charge on any atom is 0.240 e. The van der Waals surface area contributed by atoms with Gasteiger partial charge in [0.1, 0.15) is 5.82 Å². The van der Waals surface area contributed by atoms with Crippen molar-refractivity contribution in [2.24, 2.45) is 5.10 Å². The molecule has 0 aromatic heterocycles. The Morgan fingerprint density at radius 2 is 1.86 bits per heavy atom. The molecule has 0 saturated carbocycles. The summed E-state index contributed by atoms with van der Waals surface area (Å²) in [6.45, 7) is 3.47. The molecule has 2 aromatic rings. The highest BCUT2D eigenvalue weighted by Crippen LogP contribution is 2.33. The van der Waals surface area contributed by atoms with Gasteiger partial charge in [0.2, 0.25) is 5.91 Å². The summed E-state index contributed by atoms with van der Waals surface area (Å²) >= 11 is 0. The smallest absolute Gasteiger partial charge is 0.240 e. The van der Waals surface area contributed by atoms with Gasteiger partial charge in [-0.3, -0.25) is 4.79 Å². The van der Waals surface area contributed by atoms with Gasteiger partial charge >= 0.3 is 0 Å². The Hall–Kier alpha value is -2.49. The van der Waals surface area contributed by atoms with Gasteiger partial charge in [-0.1, -0.05) is 48.0 Å². The second-order valence-electron chi connectivity index (χ2n) is 5.52. The molecule has 1 amide bonds. The SMILES string of the molecule is CC(=O)N1N=C(c2ccc(C)cc2)C[C@H]1c1ccccc1F. The third-order valence-corrected chi connectivity index (χ3v) is 3.88. The van der Waals surface area contributed by atoms with E-state index in [-0.39, 0.29) is 17.8 Å². The van der Waals surface area contributed by atoms with Gasteiger partial charge in [0, 0.05) is 18.9 Å². The van der Waals surface area contributed by atoms with Crippen molar-refractivity contribution in [3.05, 3.63) is 71.0 Å². The van der Waals surface area contributed by atoms with Gasteiger partial charge in [-0.05, 0) is 18.6 Å². The average Bonchev–Trinajstić information content (AvgIpc) is 2.93. The van der Waals surface area contributed by atoms with Gasteiger partial charge < -0.3 is 0 Å². The van der Waals surface area contributed by atoms with Crippen LogP contribution in [-0.2, 0) is 4.79 Å². The van der Waals surface area contributed by atoms with Crippen molar-refractivity contribution in [3.8, 4) is 0 Å². The van der Waals surface area contributed by atoms with Crippen molar-refractivity contribution >= 4 is 11.6 Å². The van der Waals surface area contributed by atoms with Crippen LogP contribution in [0.2, 0.25) is 0 Å². The number of nitrogens with zero attached hydrogens (tertiary/aromatic N) is 2. The third kappa shape index (κ3) is 2.64. The maximum atomic E-state index is 14.1. The molecule has 112 valence electrons. The molecule has 0 unspecified atom stereocenters. The molecule has 0 bridgehead atoms. The minimum absolute atomic E-state index is 0.185. The van der Waals surface area contributed by atoms with Gasteiger partial charge in [0.05, 0.1) is 11.8 Å². The van der Waals surface area contributed by atoms with E-state index in [2.05, 4.69) is 5.10 Å². The molecule has 0 fully saturated rings. The Labute approximate surface area is 129 Å². The monoisotopic (exact) mass is 296 g/mol. The fraction of sp³-hybridized carbons (Fsp3) is 0.222. The molecule has 1 heterocycles. The van der Waals surface area contributed by atoms with Crippen LogP contribution in [-0.4, -0.2) is 16.6 Å². The molecule has 3 nitrogen and oxygen atoms in total. The van der Waals surface area contributed by atoms with Crippen LogP contribution in [0.25, 0.3) is 0 Å². The molecule has 0 N–H and O–H groups in total. The van der Waals surface area contributed by atoms with Crippen LogP contribution >= 0.6 is 0 Å². The van der Waals surface area contributed by atoms with Crippen LogP contribution in [0.1, 0.15) is 36.1 Å². The highest BCUT2D eigenvalue weighted by atomic mass is 19.1. The first-order valence-electron chi connectivity index (χ1n) is 7.25. The lowest BCUT2D eigenvalue weighted by Crippen LogP contribution is -2.25. The molecular formula is C18H17FN2O. The van der Waals surface area contributed by atoms with E-state index in [0.717, 1.165) is 16.8 Å². The molecule has 2 aromatic carbocycles. The van der Waals surface area contributed by atoms with Crippen LogP contribution in [0.3, 0.4) is 0 Å². The van der Waals surface area contributed by atoms with Gasteiger partial charge in [0.15, 0.2) is 0 Å². The van der Waals surface area contributed by atoms with Crippen LogP contribution in [0.5, 0.6) is 0 Å². The first-order valence-corrected chi connectivity index (χ1v) is 7.25. The minimum atomic E-state index is -0.380. The van der Waals surface area contributed by atoms with Crippen LogP contribution in [0.4, 0.5) is 4.39 Å². The summed E-state index contributed by atoms with van der Waals surface area (Å²) in [5.41, 5.74) is 3.44. The molecule has 3 rings (SSSR count). The molecule has 0 spiro atoms. The Kier molecular flexibility index (Phi) is 3.75. The molecule has 1 atom stereocenters. The number of benzene rings is 2. The molecule has 0 radical (unpaired) electrons. The summed E-state index contributed by atoms with van der Waals surface area (Å²) in [5, 5.41) is 5.80. The lowest BCUT2D eigenvalue weighted by molar-refractivity contribution is -0.130. The number of amides is 1. The highest BCUT2D eigenvalue weighted by molar-refractivity contribution is 6.03. The van der Waals surface area contributed by atoms with Gasteiger partial charge in [-0.2, -0.15) is 5.10 Å². The summed E-state index contributed by atoms with van der Waals surface area (Å²) in [4.78, 5) is 11.9. The lowest BCUT2D eigenvalue weighted by Gasteiger charge is -2.20. The average molecular weight is 296 g/mol. The largest absolute Gasteiger partial charge is 0.273 e. The summed E-state index contributed by atoms with van der Waals surface area (Å²) < 4.78 is 14.1. The quantitative estimate of drug-likeness (QED) is 0.829. The number of carbonyl (C=O) groups excluding carboxylic acids is 1. The van der Waals surface area contributed by atoms with Crippen molar-refractivity contribution in [2.75, 3.05) is 0 Å². The molecule has 22 heavy (non-hydrogen) atoms. The van der Waals surface area contributed by atoms with Crippen LogP contribution in [0.15, 0.2) is 53.6 Å². The van der Waals surface area contributed by atoms with E-state index in [1.165, 1.54) is 18.0 Å². The van der Waals surface area contributed by atoms with E-state index in [1.807, 2.05) is 31.2 Å². The zero-order valence-corrected chi connectivity index (χ0v) is 12.6. The summed E-state index contributed by atoms with van der Waals surface area (Å²) in [6.07, 6.45) is 0.517. The number of carbonyl (C=O) groups is 1. The standard InChI is InChI=1S/C18H17FN2O/c1-12-7-9-14(10-8-12)17-11-18(21(20-17)13(2)22)15-5-3-4-6-16(15)19/h3-10,18H,11H2,1-2H3/t18-/m0/s1. The van der Waals surface area contributed by atoms with Crippen LogP contribution < -0.4 is 0 Å². The summed E-state index contributed by atoms with van der Waals surface area (Å²) in [5.74, 6) is -0.491. The Balaban J connectivity index is 1.96. The number of hydrazone groups is 1. The van der Waals surface area contributed by atoms with Crippen molar-refractivity contribution < 1.29 is 9.18 Å². The first-order chi connectivity index (χ1) is 10.6. The predicted octanol–water partition coefficient (Wildman–Crippen LogP) is 3.83. The summed E-state index contributed by atoms with van der Waals surface area (Å²) in [6, 6.07) is 14.1. The number of hydrogen-bond donors (Lipinski definition) is 0. The third-order valence-electron chi connectivity index (χ3n) is 3.88. The van der Waals surface area contributed by atoms with E-state index in [0.29, 0.717) is 12.0 Å². The van der Waals surface area contributed by atoms with E-state index in [4.69, 9.17) is 0 Å². The Bertz CT molecular complexity index is 737. The minimum Gasteiger partial charge on any atom is -0.273 e. The van der Waals surface area contributed by atoms with E-state index in [1.54, 1.807) is 18.2 Å². The fourth-order valence-corrected chi connectivity index (χ4v) is 2.71. The summed E-state index contributed by atoms with van der Waals surface area (Å²) in [7, 11) is 0. The number of hydrogen-bond acceptors (Lipinski definition) is 2. The van der Waals surface area contributed by atoms with Gasteiger partial charge in [-0.25, -0.2) is 9.40 Å². The Morgan fingerprint density at radius 3 is 2.50 bits per heavy atom. The predicted molar refractivity (Wildman–Crippen MR) is 84.0 cm³/mol. The molecular weight excluding hydrogens is 279 g/mol. The second-order valence-corrected chi connectivity index (χ2v) is 5.52. The zero-order chi connectivity index (χ0) is 15.7.